The van der Waals surface area contributed by atoms with Gasteiger partial charge < -0.3 is 0 Å². The minimum Gasteiger partial charge on any atom is -0.289 e. The molecule has 0 N–H and O–H groups in total. The average Bonchev–Trinajstić information content (AvgIpc) is 2.83. The first kappa shape index (κ1) is 21.5. The molecule has 0 saturated heterocycles. The standard InChI is InChI=1S/C30H26O2/c1-21-11-3-7-15-25(21)29(31)27-17-9-5-13-23(27)19-20-24-14-6-10-18-28(24)30(32)26-16-8-4-12-22(26)2/h3-18H,19-20H2,1-2H3. The van der Waals surface area contributed by atoms with E-state index in [1.807, 2.05) is 111 Å². The molecule has 0 heterocycles. The molecule has 0 aliphatic heterocycles. The van der Waals surface area contributed by atoms with Crippen molar-refractivity contribution in [2.45, 2.75) is 26.7 Å². The Morgan fingerprint density at radius 2 is 0.781 bits per heavy atom. The van der Waals surface area contributed by atoms with E-state index in [1.165, 1.54) is 0 Å². The summed E-state index contributed by atoms with van der Waals surface area (Å²) in [6, 6.07) is 30.9. The van der Waals surface area contributed by atoms with Gasteiger partial charge in [0.15, 0.2) is 11.6 Å². The van der Waals surface area contributed by atoms with Gasteiger partial charge in [-0.15, -0.1) is 0 Å². The maximum Gasteiger partial charge on any atom is 0.193 e. The zero-order valence-corrected chi connectivity index (χ0v) is 18.5. The molecule has 4 rings (SSSR count). The molecule has 0 unspecified atom stereocenters. The van der Waals surface area contributed by atoms with Crippen molar-refractivity contribution >= 4 is 11.6 Å². The Morgan fingerprint density at radius 3 is 1.16 bits per heavy atom. The summed E-state index contributed by atoms with van der Waals surface area (Å²) in [5, 5.41) is 0. The van der Waals surface area contributed by atoms with Crippen molar-refractivity contribution in [1.29, 1.82) is 0 Å². The van der Waals surface area contributed by atoms with Crippen LogP contribution in [0.4, 0.5) is 0 Å². The van der Waals surface area contributed by atoms with Gasteiger partial charge in [-0.05, 0) is 48.9 Å². The van der Waals surface area contributed by atoms with Crippen LogP contribution in [0.15, 0.2) is 97.1 Å². The van der Waals surface area contributed by atoms with Crippen molar-refractivity contribution in [3.05, 3.63) is 142 Å². The number of carbonyl (C=O) groups excluding carboxylic acids is 2. The highest BCUT2D eigenvalue weighted by molar-refractivity contribution is 6.11. The van der Waals surface area contributed by atoms with E-state index in [4.69, 9.17) is 0 Å². The fourth-order valence-corrected chi connectivity index (χ4v) is 4.13. The van der Waals surface area contributed by atoms with Crippen molar-refractivity contribution in [3.8, 4) is 0 Å². The van der Waals surface area contributed by atoms with Gasteiger partial charge in [-0.1, -0.05) is 97.1 Å². The molecule has 0 aliphatic carbocycles. The molecule has 0 bridgehead atoms. The van der Waals surface area contributed by atoms with Crippen LogP contribution in [0, 0.1) is 13.8 Å². The van der Waals surface area contributed by atoms with E-state index in [-0.39, 0.29) is 11.6 Å². The second-order valence-electron chi connectivity index (χ2n) is 8.10. The van der Waals surface area contributed by atoms with Gasteiger partial charge in [-0.25, -0.2) is 0 Å². The number of hydrogen-bond donors (Lipinski definition) is 0. The van der Waals surface area contributed by atoms with E-state index in [2.05, 4.69) is 0 Å². The molecule has 2 nitrogen and oxygen atoms in total. The molecule has 32 heavy (non-hydrogen) atoms. The van der Waals surface area contributed by atoms with E-state index in [1.54, 1.807) is 0 Å². The summed E-state index contributed by atoms with van der Waals surface area (Å²) in [5.41, 5.74) is 6.86. The summed E-state index contributed by atoms with van der Waals surface area (Å²) in [5.74, 6) is 0.0888. The van der Waals surface area contributed by atoms with Crippen LogP contribution in [0.2, 0.25) is 0 Å². The summed E-state index contributed by atoms with van der Waals surface area (Å²) in [7, 11) is 0. The Hall–Kier alpha value is -3.78. The number of hydrogen-bond acceptors (Lipinski definition) is 2. The molecule has 0 saturated carbocycles. The highest BCUT2D eigenvalue weighted by Gasteiger charge is 2.17. The normalized spacial score (nSPS) is 10.7. The number of benzene rings is 4. The summed E-state index contributed by atoms with van der Waals surface area (Å²) in [4.78, 5) is 26.5. The Kier molecular flexibility index (Phi) is 6.42. The van der Waals surface area contributed by atoms with Crippen molar-refractivity contribution in [1.82, 2.24) is 0 Å². The van der Waals surface area contributed by atoms with Gasteiger partial charge in [-0.3, -0.25) is 9.59 Å². The lowest BCUT2D eigenvalue weighted by Crippen LogP contribution is -2.10. The lowest BCUT2D eigenvalue weighted by Gasteiger charge is -2.13. The molecule has 0 amide bonds. The SMILES string of the molecule is Cc1ccccc1C(=O)c1ccccc1CCc1ccccc1C(=O)c1ccccc1C. The predicted octanol–water partition coefficient (Wildman–Crippen LogP) is 6.55. The molecule has 4 aromatic carbocycles. The summed E-state index contributed by atoms with van der Waals surface area (Å²) < 4.78 is 0. The van der Waals surface area contributed by atoms with E-state index in [9.17, 15) is 9.59 Å². The highest BCUT2D eigenvalue weighted by Crippen LogP contribution is 2.22. The van der Waals surface area contributed by atoms with Gasteiger partial charge in [0.05, 0.1) is 0 Å². The quantitative estimate of drug-likeness (QED) is 0.319. The highest BCUT2D eigenvalue weighted by atomic mass is 16.1. The molecule has 2 heteroatoms. The fraction of sp³-hybridized carbons (Fsp3) is 0.133. The molecule has 0 aliphatic rings. The summed E-state index contributed by atoms with van der Waals surface area (Å²) in [6.07, 6.45) is 1.37. The Balaban J connectivity index is 1.61. The van der Waals surface area contributed by atoms with Crippen LogP contribution in [0.5, 0.6) is 0 Å². The smallest absolute Gasteiger partial charge is 0.193 e. The lowest BCUT2D eigenvalue weighted by molar-refractivity contribution is 0.102. The van der Waals surface area contributed by atoms with Gasteiger partial charge in [0.25, 0.3) is 0 Å². The minimum atomic E-state index is 0.0444. The summed E-state index contributed by atoms with van der Waals surface area (Å²) in [6.45, 7) is 3.92. The zero-order valence-electron chi connectivity index (χ0n) is 18.5. The molecule has 0 fully saturated rings. The van der Waals surface area contributed by atoms with Gasteiger partial charge in [-0.2, -0.15) is 0 Å². The zero-order chi connectivity index (χ0) is 22.5. The lowest BCUT2D eigenvalue weighted by atomic mass is 9.90. The van der Waals surface area contributed by atoms with Gasteiger partial charge in [0.2, 0.25) is 0 Å². The molecular formula is C30H26O2. The molecule has 0 spiro atoms. The second-order valence-corrected chi connectivity index (χ2v) is 8.10. The van der Waals surface area contributed by atoms with Crippen LogP contribution in [0.3, 0.4) is 0 Å². The van der Waals surface area contributed by atoms with E-state index in [0.717, 1.165) is 44.5 Å². The number of aryl methyl sites for hydroxylation is 4. The molecule has 0 radical (unpaired) electrons. The van der Waals surface area contributed by atoms with Crippen LogP contribution in [0.25, 0.3) is 0 Å². The van der Waals surface area contributed by atoms with Gasteiger partial charge in [0, 0.05) is 22.3 Å². The topological polar surface area (TPSA) is 34.1 Å². The third-order valence-corrected chi connectivity index (χ3v) is 5.97. The average molecular weight is 419 g/mol. The van der Waals surface area contributed by atoms with Crippen LogP contribution >= 0.6 is 0 Å². The van der Waals surface area contributed by atoms with Crippen molar-refractivity contribution in [2.75, 3.05) is 0 Å². The van der Waals surface area contributed by atoms with E-state index >= 15 is 0 Å². The molecular weight excluding hydrogens is 392 g/mol. The maximum atomic E-state index is 13.2. The van der Waals surface area contributed by atoms with E-state index in [0.29, 0.717) is 12.8 Å². The molecule has 158 valence electrons. The third-order valence-electron chi connectivity index (χ3n) is 5.97. The minimum absolute atomic E-state index is 0.0444. The Morgan fingerprint density at radius 1 is 0.469 bits per heavy atom. The van der Waals surface area contributed by atoms with Gasteiger partial charge >= 0.3 is 0 Å². The number of carbonyl (C=O) groups is 2. The Labute approximate surface area is 189 Å². The first-order valence-electron chi connectivity index (χ1n) is 10.9. The number of rotatable bonds is 7. The number of ketones is 2. The van der Waals surface area contributed by atoms with Crippen molar-refractivity contribution in [2.24, 2.45) is 0 Å². The Bertz CT molecular complexity index is 1180. The monoisotopic (exact) mass is 418 g/mol. The first-order chi connectivity index (χ1) is 15.6. The van der Waals surface area contributed by atoms with Crippen molar-refractivity contribution in [3.63, 3.8) is 0 Å². The molecule has 0 aromatic heterocycles. The second kappa shape index (κ2) is 9.57. The molecule has 0 atom stereocenters. The van der Waals surface area contributed by atoms with Crippen LogP contribution in [-0.4, -0.2) is 11.6 Å². The largest absolute Gasteiger partial charge is 0.289 e. The van der Waals surface area contributed by atoms with Crippen LogP contribution < -0.4 is 0 Å². The molecule has 4 aromatic rings. The third kappa shape index (κ3) is 4.45. The van der Waals surface area contributed by atoms with Crippen molar-refractivity contribution < 1.29 is 9.59 Å². The fourth-order valence-electron chi connectivity index (χ4n) is 4.13. The van der Waals surface area contributed by atoms with E-state index < -0.39 is 0 Å². The first-order valence-corrected chi connectivity index (χ1v) is 10.9. The maximum absolute atomic E-state index is 13.2. The summed E-state index contributed by atoms with van der Waals surface area (Å²) >= 11 is 0. The predicted molar refractivity (Wildman–Crippen MR) is 130 cm³/mol. The van der Waals surface area contributed by atoms with Gasteiger partial charge in [0.1, 0.15) is 0 Å². The van der Waals surface area contributed by atoms with Crippen LogP contribution in [-0.2, 0) is 12.8 Å². The van der Waals surface area contributed by atoms with Crippen LogP contribution in [0.1, 0.15) is 54.1 Å².